The molecule has 1 rings (SSSR count). The molecule has 0 fully saturated rings. The summed E-state index contributed by atoms with van der Waals surface area (Å²) < 4.78 is 4.90. The Morgan fingerprint density at radius 1 is 1.44 bits per heavy atom. The van der Waals surface area contributed by atoms with Crippen molar-refractivity contribution in [2.45, 2.75) is 13.3 Å². The van der Waals surface area contributed by atoms with Gasteiger partial charge < -0.3 is 15.4 Å². The average Bonchev–Trinajstić information content (AvgIpc) is 2.34. The second kappa shape index (κ2) is 7.95. The summed E-state index contributed by atoms with van der Waals surface area (Å²) in [5.74, 6) is -0.0505. The van der Waals surface area contributed by atoms with Crippen LogP contribution in [-0.4, -0.2) is 32.7 Å². The van der Waals surface area contributed by atoms with Crippen LogP contribution in [0.5, 0.6) is 0 Å². The van der Waals surface area contributed by atoms with Crippen molar-refractivity contribution in [3.8, 4) is 0 Å². The number of carbonyl (C=O) groups excluding carboxylic acids is 1. The first-order valence-electron chi connectivity index (χ1n) is 5.89. The van der Waals surface area contributed by atoms with Crippen LogP contribution in [0.15, 0.2) is 18.2 Å². The quantitative estimate of drug-likeness (QED) is 0.747. The zero-order valence-electron chi connectivity index (χ0n) is 10.8. The number of nitrogens with one attached hydrogen (secondary N) is 2. The predicted molar refractivity (Wildman–Crippen MR) is 74.2 cm³/mol. The molecule has 0 radical (unpaired) electrons. The Morgan fingerprint density at radius 2 is 2.22 bits per heavy atom. The van der Waals surface area contributed by atoms with Crippen LogP contribution in [0, 0.1) is 6.92 Å². The summed E-state index contributed by atoms with van der Waals surface area (Å²) in [6, 6.07) is 5.63. The molecule has 1 amide bonds. The minimum atomic E-state index is -0.0505. The van der Waals surface area contributed by atoms with Crippen LogP contribution in [0.1, 0.15) is 12.0 Å². The van der Waals surface area contributed by atoms with E-state index >= 15 is 0 Å². The molecule has 0 bridgehead atoms. The van der Waals surface area contributed by atoms with Gasteiger partial charge in [-0.15, -0.1) is 0 Å². The van der Waals surface area contributed by atoms with Crippen molar-refractivity contribution in [3.05, 3.63) is 28.8 Å². The van der Waals surface area contributed by atoms with E-state index in [0.717, 1.165) is 17.7 Å². The van der Waals surface area contributed by atoms with Gasteiger partial charge in [0.15, 0.2) is 0 Å². The van der Waals surface area contributed by atoms with Crippen molar-refractivity contribution >= 4 is 23.2 Å². The minimum Gasteiger partial charge on any atom is -0.385 e. The van der Waals surface area contributed by atoms with E-state index in [4.69, 9.17) is 16.3 Å². The van der Waals surface area contributed by atoms with E-state index in [0.29, 0.717) is 18.2 Å². The summed E-state index contributed by atoms with van der Waals surface area (Å²) in [4.78, 5) is 11.5. The fourth-order valence-electron chi connectivity index (χ4n) is 1.53. The highest BCUT2D eigenvalue weighted by Crippen LogP contribution is 2.24. The predicted octanol–water partition coefficient (Wildman–Crippen LogP) is 2.21. The number of halogens is 1. The smallest absolute Gasteiger partial charge is 0.239 e. The summed E-state index contributed by atoms with van der Waals surface area (Å²) in [7, 11) is 1.64. The first kappa shape index (κ1) is 14.8. The first-order chi connectivity index (χ1) is 8.65. The van der Waals surface area contributed by atoms with Crippen LogP contribution < -0.4 is 10.6 Å². The molecule has 0 spiro atoms. The highest BCUT2D eigenvalue weighted by Gasteiger charge is 2.05. The lowest BCUT2D eigenvalue weighted by molar-refractivity contribution is -0.119. The number of rotatable bonds is 7. The van der Waals surface area contributed by atoms with Gasteiger partial charge in [0.1, 0.15) is 0 Å². The lowest BCUT2D eigenvalue weighted by Crippen LogP contribution is -2.31. The van der Waals surface area contributed by atoms with Gasteiger partial charge in [-0.25, -0.2) is 0 Å². The van der Waals surface area contributed by atoms with Crippen LogP contribution in [0.3, 0.4) is 0 Å². The number of carbonyl (C=O) groups is 1. The molecule has 0 aliphatic carbocycles. The Bertz CT molecular complexity index is 376. The van der Waals surface area contributed by atoms with Crippen molar-refractivity contribution in [2.75, 3.05) is 32.1 Å². The molecule has 100 valence electrons. The fourth-order valence-corrected chi connectivity index (χ4v) is 1.82. The number of para-hydroxylation sites is 1. The topological polar surface area (TPSA) is 50.4 Å². The molecular weight excluding hydrogens is 252 g/mol. The highest BCUT2D eigenvalue weighted by atomic mass is 35.5. The van der Waals surface area contributed by atoms with Crippen molar-refractivity contribution in [2.24, 2.45) is 0 Å². The number of methoxy groups -OCH3 is 1. The maximum absolute atomic E-state index is 11.5. The monoisotopic (exact) mass is 270 g/mol. The van der Waals surface area contributed by atoms with E-state index in [1.54, 1.807) is 13.2 Å². The Balaban J connectivity index is 2.34. The Labute approximate surface area is 113 Å². The number of ether oxygens (including phenoxy) is 1. The van der Waals surface area contributed by atoms with E-state index in [-0.39, 0.29) is 12.5 Å². The normalized spacial score (nSPS) is 10.2. The molecule has 5 heteroatoms. The third kappa shape index (κ3) is 4.94. The van der Waals surface area contributed by atoms with E-state index in [9.17, 15) is 4.79 Å². The molecule has 0 saturated carbocycles. The minimum absolute atomic E-state index is 0.0505. The van der Waals surface area contributed by atoms with Gasteiger partial charge in [-0.2, -0.15) is 0 Å². The Kier molecular flexibility index (Phi) is 6.54. The Morgan fingerprint density at radius 3 is 2.89 bits per heavy atom. The van der Waals surface area contributed by atoms with Crippen LogP contribution in [0.2, 0.25) is 5.02 Å². The third-order valence-corrected chi connectivity index (χ3v) is 2.81. The van der Waals surface area contributed by atoms with Crippen molar-refractivity contribution < 1.29 is 9.53 Å². The van der Waals surface area contributed by atoms with Gasteiger partial charge in [-0.3, -0.25) is 4.79 Å². The van der Waals surface area contributed by atoms with Crippen LogP contribution >= 0.6 is 11.6 Å². The molecule has 0 aliphatic heterocycles. The number of hydrogen-bond donors (Lipinski definition) is 2. The van der Waals surface area contributed by atoms with Crippen molar-refractivity contribution in [1.29, 1.82) is 0 Å². The van der Waals surface area contributed by atoms with Gasteiger partial charge in [0.25, 0.3) is 0 Å². The van der Waals surface area contributed by atoms with Crippen molar-refractivity contribution in [3.63, 3.8) is 0 Å². The first-order valence-corrected chi connectivity index (χ1v) is 6.27. The standard InChI is InChI=1S/C13H19ClN2O2/c1-10-5-3-6-11(14)13(10)16-9-12(17)15-7-4-8-18-2/h3,5-6,16H,4,7-9H2,1-2H3,(H,15,17). The lowest BCUT2D eigenvalue weighted by atomic mass is 10.2. The largest absolute Gasteiger partial charge is 0.385 e. The summed E-state index contributed by atoms with van der Waals surface area (Å²) in [6.07, 6.45) is 0.813. The summed E-state index contributed by atoms with van der Waals surface area (Å²) in [5.41, 5.74) is 1.83. The van der Waals surface area contributed by atoms with Crippen LogP contribution in [0.4, 0.5) is 5.69 Å². The molecule has 2 N–H and O–H groups in total. The number of hydrogen-bond acceptors (Lipinski definition) is 3. The van der Waals surface area contributed by atoms with Crippen LogP contribution in [-0.2, 0) is 9.53 Å². The van der Waals surface area contributed by atoms with E-state index in [1.165, 1.54) is 0 Å². The number of anilines is 1. The number of aryl methyl sites for hydroxylation is 1. The SMILES string of the molecule is COCCCNC(=O)CNc1c(C)cccc1Cl. The molecule has 0 saturated heterocycles. The Hall–Kier alpha value is -1.26. The molecule has 1 aromatic carbocycles. The fraction of sp³-hybridized carbons (Fsp3) is 0.462. The maximum atomic E-state index is 11.5. The van der Waals surface area contributed by atoms with E-state index < -0.39 is 0 Å². The van der Waals surface area contributed by atoms with Gasteiger partial charge in [-0.05, 0) is 25.0 Å². The lowest BCUT2D eigenvalue weighted by Gasteiger charge is -2.11. The summed E-state index contributed by atoms with van der Waals surface area (Å²) in [5, 5.41) is 6.48. The van der Waals surface area contributed by atoms with Crippen molar-refractivity contribution in [1.82, 2.24) is 5.32 Å². The molecule has 1 aromatic rings. The molecule has 0 aromatic heterocycles. The zero-order valence-corrected chi connectivity index (χ0v) is 11.5. The maximum Gasteiger partial charge on any atom is 0.239 e. The van der Waals surface area contributed by atoms with Gasteiger partial charge in [0.05, 0.1) is 17.3 Å². The molecule has 0 unspecified atom stereocenters. The van der Waals surface area contributed by atoms with Gasteiger partial charge >= 0.3 is 0 Å². The highest BCUT2D eigenvalue weighted by molar-refractivity contribution is 6.33. The van der Waals surface area contributed by atoms with Crippen LogP contribution in [0.25, 0.3) is 0 Å². The average molecular weight is 271 g/mol. The summed E-state index contributed by atoms with van der Waals surface area (Å²) in [6.45, 7) is 3.44. The third-order valence-electron chi connectivity index (χ3n) is 2.50. The molecule has 0 atom stereocenters. The molecule has 0 aliphatic rings. The van der Waals surface area contributed by atoms with Gasteiger partial charge in [0.2, 0.25) is 5.91 Å². The number of amides is 1. The number of benzene rings is 1. The molecule has 0 heterocycles. The van der Waals surface area contributed by atoms with Gasteiger partial charge in [0, 0.05) is 20.3 Å². The van der Waals surface area contributed by atoms with Gasteiger partial charge in [-0.1, -0.05) is 23.7 Å². The second-order valence-electron chi connectivity index (χ2n) is 3.98. The molecule has 4 nitrogen and oxygen atoms in total. The van der Waals surface area contributed by atoms with E-state index in [1.807, 2.05) is 19.1 Å². The zero-order chi connectivity index (χ0) is 13.4. The molecular formula is C13H19ClN2O2. The van der Waals surface area contributed by atoms with E-state index in [2.05, 4.69) is 10.6 Å². The second-order valence-corrected chi connectivity index (χ2v) is 4.39. The molecule has 18 heavy (non-hydrogen) atoms. The summed E-state index contributed by atoms with van der Waals surface area (Å²) >= 11 is 6.05.